The van der Waals surface area contributed by atoms with E-state index in [2.05, 4.69) is 9.97 Å². The van der Waals surface area contributed by atoms with Crippen molar-refractivity contribution in [3.8, 4) is 0 Å². The Morgan fingerprint density at radius 1 is 1.24 bits per heavy atom. The summed E-state index contributed by atoms with van der Waals surface area (Å²) in [6.45, 7) is -1.66. The fourth-order valence-electron chi connectivity index (χ4n) is 2.50. The zero-order valence-corrected chi connectivity index (χ0v) is 15.1. The minimum atomic E-state index is -2.57. The van der Waals surface area contributed by atoms with E-state index in [0.29, 0.717) is 23.9 Å². The molecule has 0 radical (unpaired) electrons. The molecule has 0 aliphatic heterocycles. The maximum Gasteiger partial charge on any atom is 0.319 e. The fourth-order valence-corrected chi connectivity index (χ4v) is 3.44. The standard InChI is InChI=1S/C17H17ClF2N4S/c1-23(10-15-21-6-7-24(15)17(19)20)9-14-11-25-16(22-14)8-12-2-4-13(18)5-3-12/h2-7,11,17H,8-10H2,1H3. The Morgan fingerprint density at radius 3 is 2.72 bits per heavy atom. The number of imidazole rings is 1. The predicted octanol–water partition coefficient (Wildman–Crippen LogP) is 4.61. The second-order valence-electron chi connectivity index (χ2n) is 5.74. The zero-order valence-electron chi connectivity index (χ0n) is 13.6. The first-order chi connectivity index (χ1) is 12.0. The van der Waals surface area contributed by atoms with Gasteiger partial charge < -0.3 is 0 Å². The van der Waals surface area contributed by atoms with Gasteiger partial charge in [-0.15, -0.1) is 11.3 Å². The van der Waals surface area contributed by atoms with E-state index >= 15 is 0 Å². The second kappa shape index (κ2) is 8.03. The molecule has 0 spiro atoms. The first kappa shape index (κ1) is 18.0. The van der Waals surface area contributed by atoms with Gasteiger partial charge in [0.1, 0.15) is 5.82 Å². The third kappa shape index (κ3) is 4.84. The smallest absolute Gasteiger partial charge is 0.293 e. The molecule has 0 unspecified atom stereocenters. The molecule has 0 fully saturated rings. The van der Waals surface area contributed by atoms with Crippen LogP contribution < -0.4 is 0 Å². The summed E-state index contributed by atoms with van der Waals surface area (Å²) in [6, 6.07) is 7.70. The highest BCUT2D eigenvalue weighted by Gasteiger charge is 2.14. The monoisotopic (exact) mass is 382 g/mol. The summed E-state index contributed by atoms with van der Waals surface area (Å²) in [5, 5.41) is 3.73. The van der Waals surface area contributed by atoms with E-state index in [4.69, 9.17) is 11.6 Å². The molecule has 0 atom stereocenters. The molecule has 0 amide bonds. The topological polar surface area (TPSA) is 34.0 Å². The molecule has 0 saturated heterocycles. The van der Waals surface area contributed by atoms with Gasteiger partial charge >= 0.3 is 6.55 Å². The average Bonchev–Trinajstić information content (AvgIpc) is 3.19. The van der Waals surface area contributed by atoms with Gasteiger partial charge in [0.15, 0.2) is 0 Å². The normalized spacial score (nSPS) is 11.6. The number of hydrogen-bond donors (Lipinski definition) is 0. The average molecular weight is 383 g/mol. The lowest BCUT2D eigenvalue weighted by Gasteiger charge is -2.15. The van der Waals surface area contributed by atoms with E-state index in [-0.39, 0.29) is 0 Å². The van der Waals surface area contributed by atoms with Crippen molar-refractivity contribution in [2.24, 2.45) is 0 Å². The number of rotatable bonds is 7. The number of nitrogens with zero attached hydrogens (tertiary/aromatic N) is 4. The van der Waals surface area contributed by atoms with Crippen molar-refractivity contribution in [1.29, 1.82) is 0 Å². The minimum absolute atomic E-state index is 0.335. The van der Waals surface area contributed by atoms with Crippen molar-refractivity contribution in [2.75, 3.05) is 7.05 Å². The van der Waals surface area contributed by atoms with Gasteiger partial charge in [-0.25, -0.2) is 9.97 Å². The van der Waals surface area contributed by atoms with Crippen molar-refractivity contribution in [3.63, 3.8) is 0 Å². The lowest BCUT2D eigenvalue weighted by molar-refractivity contribution is 0.0644. The van der Waals surface area contributed by atoms with Crippen molar-refractivity contribution in [3.05, 3.63) is 69.2 Å². The highest BCUT2D eigenvalue weighted by Crippen LogP contribution is 2.19. The third-order valence-electron chi connectivity index (χ3n) is 3.67. The van der Waals surface area contributed by atoms with Crippen LogP contribution in [0.2, 0.25) is 5.02 Å². The van der Waals surface area contributed by atoms with Crippen LogP contribution in [0.3, 0.4) is 0 Å². The highest BCUT2D eigenvalue weighted by atomic mass is 35.5. The summed E-state index contributed by atoms with van der Waals surface area (Å²) in [7, 11) is 1.86. The van der Waals surface area contributed by atoms with E-state index in [1.165, 1.54) is 12.4 Å². The maximum atomic E-state index is 12.9. The van der Waals surface area contributed by atoms with E-state index in [9.17, 15) is 8.78 Å². The third-order valence-corrected chi connectivity index (χ3v) is 4.82. The van der Waals surface area contributed by atoms with Gasteiger partial charge in [0.2, 0.25) is 0 Å². The Hall–Kier alpha value is -1.83. The van der Waals surface area contributed by atoms with Crippen molar-refractivity contribution in [1.82, 2.24) is 19.4 Å². The molecular weight excluding hydrogens is 366 g/mol. The lowest BCUT2D eigenvalue weighted by atomic mass is 10.2. The van der Waals surface area contributed by atoms with E-state index in [1.54, 1.807) is 11.3 Å². The van der Waals surface area contributed by atoms with Gasteiger partial charge in [0.25, 0.3) is 0 Å². The molecule has 0 bridgehead atoms. The first-order valence-electron chi connectivity index (χ1n) is 7.67. The molecule has 8 heteroatoms. The van der Waals surface area contributed by atoms with Crippen molar-refractivity contribution in [2.45, 2.75) is 26.1 Å². The Labute approximate surface area is 153 Å². The van der Waals surface area contributed by atoms with E-state index in [1.807, 2.05) is 41.6 Å². The molecule has 25 heavy (non-hydrogen) atoms. The molecule has 0 aliphatic rings. The van der Waals surface area contributed by atoms with Crippen LogP contribution in [0.4, 0.5) is 8.78 Å². The van der Waals surface area contributed by atoms with Crippen LogP contribution in [0.25, 0.3) is 0 Å². The number of alkyl halides is 2. The van der Waals surface area contributed by atoms with Crippen LogP contribution in [0.15, 0.2) is 42.0 Å². The van der Waals surface area contributed by atoms with E-state index in [0.717, 1.165) is 27.3 Å². The molecule has 0 aliphatic carbocycles. The Kier molecular flexibility index (Phi) is 5.78. The lowest BCUT2D eigenvalue weighted by Crippen LogP contribution is -2.20. The van der Waals surface area contributed by atoms with Crippen LogP contribution in [-0.4, -0.2) is 26.5 Å². The van der Waals surface area contributed by atoms with Gasteiger partial charge in [-0.05, 0) is 24.7 Å². The molecule has 0 saturated carbocycles. The zero-order chi connectivity index (χ0) is 17.8. The van der Waals surface area contributed by atoms with Crippen molar-refractivity contribution >= 4 is 22.9 Å². The highest BCUT2D eigenvalue weighted by molar-refractivity contribution is 7.09. The summed E-state index contributed by atoms with van der Waals surface area (Å²) < 4.78 is 26.6. The van der Waals surface area contributed by atoms with Crippen LogP contribution in [0.5, 0.6) is 0 Å². The van der Waals surface area contributed by atoms with Gasteiger partial charge in [0, 0.05) is 35.8 Å². The SMILES string of the molecule is CN(Cc1csc(Cc2ccc(Cl)cc2)n1)Cc1nccn1C(F)F. The van der Waals surface area contributed by atoms with Gasteiger partial charge in [-0.3, -0.25) is 9.47 Å². The molecule has 3 rings (SSSR count). The molecule has 4 nitrogen and oxygen atoms in total. The molecule has 132 valence electrons. The van der Waals surface area contributed by atoms with Gasteiger partial charge in [-0.1, -0.05) is 23.7 Å². The van der Waals surface area contributed by atoms with Crippen LogP contribution in [-0.2, 0) is 19.5 Å². The van der Waals surface area contributed by atoms with Crippen LogP contribution in [0.1, 0.15) is 28.6 Å². The van der Waals surface area contributed by atoms with Gasteiger partial charge in [-0.2, -0.15) is 8.78 Å². The van der Waals surface area contributed by atoms with Crippen LogP contribution >= 0.6 is 22.9 Å². The minimum Gasteiger partial charge on any atom is -0.293 e. The second-order valence-corrected chi connectivity index (χ2v) is 7.12. The Bertz CT molecular complexity index is 816. The van der Waals surface area contributed by atoms with E-state index < -0.39 is 6.55 Å². The van der Waals surface area contributed by atoms with Crippen LogP contribution in [0, 0.1) is 0 Å². The predicted molar refractivity (Wildman–Crippen MR) is 95.0 cm³/mol. The summed E-state index contributed by atoms with van der Waals surface area (Å²) in [4.78, 5) is 10.5. The quantitative estimate of drug-likeness (QED) is 0.598. The molecular formula is C17H17ClF2N4S. The largest absolute Gasteiger partial charge is 0.319 e. The number of hydrogen-bond acceptors (Lipinski definition) is 4. The summed E-state index contributed by atoms with van der Waals surface area (Å²) in [6.07, 6.45) is 3.44. The Balaban J connectivity index is 1.59. The summed E-state index contributed by atoms with van der Waals surface area (Å²) in [5.41, 5.74) is 2.07. The number of thiazole rings is 1. The Morgan fingerprint density at radius 2 is 2.00 bits per heavy atom. The summed E-state index contributed by atoms with van der Waals surface area (Å²) in [5.74, 6) is 0.342. The first-order valence-corrected chi connectivity index (χ1v) is 8.93. The number of halogens is 3. The van der Waals surface area contributed by atoms with Crippen molar-refractivity contribution < 1.29 is 8.78 Å². The molecule has 1 aromatic carbocycles. The molecule has 3 aromatic rings. The number of aromatic nitrogens is 3. The molecule has 2 aromatic heterocycles. The summed E-state index contributed by atoms with van der Waals surface area (Å²) >= 11 is 7.49. The van der Waals surface area contributed by atoms with Gasteiger partial charge in [0.05, 0.1) is 17.2 Å². The maximum absolute atomic E-state index is 12.9. The molecule has 0 N–H and O–H groups in total. The molecule has 2 heterocycles. The number of benzene rings is 1. The fraction of sp³-hybridized carbons (Fsp3) is 0.294.